The second kappa shape index (κ2) is 3.76. The van der Waals surface area contributed by atoms with Crippen molar-refractivity contribution >= 4 is 26.4 Å². The Kier molecular flexibility index (Phi) is 2.69. The molecule has 0 saturated carbocycles. The minimum Gasteiger partial charge on any atom is -0.278 e. The molecule has 1 N–H and O–H groups in total. The Hall–Kier alpha value is -1.51. The highest BCUT2D eigenvalue weighted by atomic mass is 15.3. The lowest BCUT2D eigenvalue weighted by Gasteiger charge is -2.00. The van der Waals surface area contributed by atoms with Crippen LogP contribution in [0.25, 0.3) is 6.08 Å². The zero-order chi connectivity index (χ0) is 7.52. The van der Waals surface area contributed by atoms with Crippen LogP contribution in [0.15, 0.2) is 35.4 Å². The van der Waals surface area contributed by atoms with Crippen LogP contribution < -0.4 is 5.43 Å². The quantitative estimate of drug-likeness (QED) is 0.566. The molecule has 0 saturated heterocycles. The summed E-state index contributed by atoms with van der Waals surface area (Å²) in [7, 11) is 0. The number of nitrogens with one attached hydrogen (secondary N) is 1. The van der Waals surface area contributed by atoms with Gasteiger partial charge in [-0.05, 0) is 17.7 Å². The molecule has 1 aromatic rings. The molecule has 1 heterocycles. The Balaban J connectivity index is 0.000000720. The van der Waals surface area contributed by atoms with Crippen molar-refractivity contribution in [1.29, 1.82) is 0 Å². The van der Waals surface area contributed by atoms with Crippen molar-refractivity contribution in [2.75, 3.05) is 5.43 Å². The molecule has 57 valence electrons. The maximum atomic E-state index is 3.95. The van der Waals surface area contributed by atoms with Crippen molar-refractivity contribution < 1.29 is 0 Å². The molecule has 0 spiro atoms. The van der Waals surface area contributed by atoms with Crippen LogP contribution in [0.3, 0.4) is 0 Å². The molecule has 0 aromatic heterocycles. The molecular weight excluding hydrogens is 147 g/mol. The molecule has 0 bridgehead atoms. The van der Waals surface area contributed by atoms with E-state index in [2.05, 4.69) is 10.5 Å². The van der Waals surface area contributed by atoms with Gasteiger partial charge in [0.1, 0.15) is 0 Å². The summed E-state index contributed by atoms with van der Waals surface area (Å²) in [6.45, 7) is 0. The highest BCUT2D eigenvalue weighted by molar-refractivity contribution is 5.83. The molecule has 2 nitrogen and oxygen atoms in total. The van der Waals surface area contributed by atoms with Crippen molar-refractivity contribution in [3.63, 3.8) is 0 Å². The number of hydrogen-bond donors (Lipinski definition) is 1. The average molecular weight is 155 g/mol. The van der Waals surface area contributed by atoms with Crippen LogP contribution in [-0.2, 0) is 0 Å². The molecule has 3 heteroatoms. The van der Waals surface area contributed by atoms with Crippen molar-refractivity contribution in [3.8, 4) is 0 Å². The number of allylic oxidation sites excluding steroid dienone is 1. The third kappa shape index (κ3) is 1.56. The number of hydrogen-bond acceptors (Lipinski definition) is 2. The fraction of sp³-hybridized carbons (Fsp3) is 0. The predicted molar refractivity (Wildman–Crippen MR) is 53.3 cm³/mol. The number of hydrazone groups is 1. The topological polar surface area (TPSA) is 24.4 Å². The molecule has 0 unspecified atom stereocenters. The SMILES string of the molecule is C1=Cc2ccccc2NN=C1.[B]. The molecule has 0 atom stereocenters. The van der Waals surface area contributed by atoms with Gasteiger partial charge < -0.3 is 0 Å². The van der Waals surface area contributed by atoms with E-state index in [0.29, 0.717) is 0 Å². The molecule has 0 amide bonds. The second-order valence-corrected chi connectivity index (χ2v) is 2.34. The molecule has 3 radical (unpaired) electrons. The predicted octanol–water partition coefficient (Wildman–Crippen LogP) is 1.73. The maximum Gasteiger partial charge on any atom is 0.0634 e. The van der Waals surface area contributed by atoms with Gasteiger partial charge in [-0.1, -0.05) is 24.3 Å². The van der Waals surface area contributed by atoms with Gasteiger partial charge in [0.15, 0.2) is 0 Å². The van der Waals surface area contributed by atoms with E-state index >= 15 is 0 Å². The van der Waals surface area contributed by atoms with Crippen LogP contribution in [0.1, 0.15) is 5.56 Å². The first-order chi connectivity index (χ1) is 5.47. The van der Waals surface area contributed by atoms with E-state index in [0.717, 1.165) is 5.69 Å². The van der Waals surface area contributed by atoms with Crippen LogP contribution >= 0.6 is 0 Å². The Morgan fingerprint density at radius 1 is 1.17 bits per heavy atom. The van der Waals surface area contributed by atoms with Crippen molar-refractivity contribution in [2.24, 2.45) is 5.10 Å². The summed E-state index contributed by atoms with van der Waals surface area (Å²) in [5.74, 6) is 0. The molecule has 1 aliphatic heterocycles. The Bertz CT molecular complexity index is 318. The monoisotopic (exact) mass is 155 g/mol. The first-order valence-corrected chi connectivity index (χ1v) is 3.51. The third-order valence-electron chi connectivity index (χ3n) is 1.58. The molecule has 0 aliphatic carbocycles. The average Bonchev–Trinajstić information content (AvgIpc) is 2.28. The summed E-state index contributed by atoms with van der Waals surface area (Å²) in [6, 6.07) is 8.05. The normalized spacial score (nSPS) is 12.3. The highest BCUT2D eigenvalue weighted by Gasteiger charge is 1.96. The van der Waals surface area contributed by atoms with Gasteiger partial charge in [0.05, 0.1) is 5.69 Å². The van der Waals surface area contributed by atoms with E-state index in [1.54, 1.807) is 6.21 Å². The zero-order valence-corrected chi connectivity index (χ0v) is 6.57. The van der Waals surface area contributed by atoms with Gasteiger partial charge in [-0.25, -0.2) is 0 Å². The number of anilines is 1. The van der Waals surface area contributed by atoms with Gasteiger partial charge in [0.25, 0.3) is 0 Å². The standard InChI is InChI=1S/C9H8N2.B/c1-2-6-9-8(4-1)5-3-7-10-11-9;/h1-7,11H;. The van der Waals surface area contributed by atoms with Crippen LogP contribution in [0.5, 0.6) is 0 Å². The van der Waals surface area contributed by atoms with Crippen LogP contribution in [0, 0.1) is 0 Å². The Morgan fingerprint density at radius 2 is 2.00 bits per heavy atom. The third-order valence-corrected chi connectivity index (χ3v) is 1.58. The summed E-state index contributed by atoms with van der Waals surface area (Å²) in [5, 5.41) is 3.95. The van der Waals surface area contributed by atoms with E-state index in [-0.39, 0.29) is 8.41 Å². The summed E-state index contributed by atoms with van der Waals surface area (Å²) >= 11 is 0. The first kappa shape index (κ1) is 8.59. The molecule has 12 heavy (non-hydrogen) atoms. The number of fused-ring (bicyclic) bond motifs is 1. The summed E-state index contributed by atoms with van der Waals surface area (Å²) in [5.41, 5.74) is 5.16. The van der Waals surface area contributed by atoms with Crippen LogP contribution in [0.2, 0.25) is 0 Å². The van der Waals surface area contributed by atoms with E-state index < -0.39 is 0 Å². The van der Waals surface area contributed by atoms with E-state index in [4.69, 9.17) is 0 Å². The highest BCUT2D eigenvalue weighted by Crippen LogP contribution is 2.17. The largest absolute Gasteiger partial charge is 0.278 e. The summed E-state index contributed by atoms with van der Waals surface area (Å²) < 4.78 is 0. The Labute approximate surface area is 73.6 Å². The minimum absolute atomic E-state index is 0. The Morgan fingerprint density at radius 3 is 2.92 bits per heavy atom. The van der Waals surface area contributed by atoms with E-state index in [1.807, 2.05) is 36.4 Å². The van der Waals surface area contributed by atoms with Gasteiger partial charge in [0.2, 0.25) is 0 Å². The molecule has 2 rings (SSSR count). The summed E-state index contributed by atoms with van der Waals surface area (Å²) in [6.07, 6.45) is 5.68. The van der Waals surface area contributed by atoms with Crippen molar-refractivity contribution in [1.82, 2.24) is 0 Å². The molecular formula is C9H8BN2. The summed E-state index contributed by atoms with van der Waals surface area (Å²) in [4.78, 5) is 0. The van der Waals surface area contributed by atoms with Gasteiger partial charge in [0, 0.05) is 14.6 Å². The number of para-hydroxylation sites is 1. The smallest absolute Gasteiger partial charge is 0.0634 e. The zero-order valence-electron chi connectivity index (χ0n) is 6.57. The van der Waals surface area contributed by atoms with Crippen LogP contribution in [-0.4, -0.2) is 14.6 Å². The van der Waals surface area contributed by atoms with Crippen LogP contribution in [0.4, 0.5) is 5.69 Å². The molecule has 1 aromatic carbocycles. The lowest BCUT2D eigenvalue weighted by molar-refractivity contribution is 1.36. The second-order valence-electron chi connectivity index (χ2n) is 2.34. The maximum absolute atomic E-state index is 3.95. The fourth-order valence-electron chi connectivity index (χ4n) is 1.04. The van der Waals surface area contributed by atoms with Crippen molar-refractivity contribution in [3.05, 3.63) is 35.9 Å². The minimum atomic E-state index is 0. The lowest BCUT2D eigenvalue weighted by atomic mass is 10.2. The van der Waals surface area contributed by atoms with Gasteiger partial charge in [-0.2, -0.15) is 5.10 Å². The number of nitrogens with zero attached hydrogens (tertiary/aromatic N) is 1. The van der Waals surface area contributed by atoms with E-state index in [9.17, 15) is 0 Å². The molecule has 1 aliphatic rings. The lowest BCUT2D eigenvalue weighted by Crippen LogP contribution is -1.87. The number of benzene rings is 1. The molecule has 0 fully saturated rings. The number of rotatable bonds is 0. The van der Waals surface area contributed by atoms with Gasteiger partial charge in [-0.3, -0.25) is 5.43 Å². The fourth-order valence-corrected chi connectivity index (χ4v) is 1.04. The first-order valence-electron chi connectivity index (χ1n) is 3.51. The van der Waals surface area contributed by atoms with E-state index in [1.165, 1.54) is 5.56 Å². The van der Waals surface area contributed by atoms with Crippen molar-refractivity contribution in [2.45, 2.75) is 0 Å². The van der Waals surface area contributed by atoms with Gasteiger partial charge in [-0.15, -0.1) is 0 Å². The van der Waals surface area contributed by atoms with Gasteiger partial charge >= 0.3 is 0 Å².